The number of nitrogens with one attached hydrogen (secondary N) is 3. The number of piperidine rings is 1. The molecule has 0 spiro atoms. The monoisotopic (exact) mass is 344 g/mol. The number of hydrogen-bond donors (Lipinski definition) is 3. The molecule has 2 aliphatic rings. The van der Waals surface area contributed by atoms with Crippen molar-refractivity contribution in [2.45, 2.75) is 44.6 Å². The molecule has 3 N–H and O–H groups in total. The molecule has 6 heteroatoms. The Morgan fingerprint density at radius 2 is 1.48 bits per heavy atom. The van der Waals surface area contributed by atoms with Crippen LogP contribution in [-0.2, 0) is 4.79 Å². The number of carbonyl (C=O) groups excluding carboxylic acids is 2. The van der Waals surface area contributed by atoms with Gasteiger partial charge in [0.05, 0.1) is 0 Å². The summed E-state index contributed by atoms with van der Waals surface area (Å²) in [6.07, 6.45) is 6.23. The van der Waals surface area contributed by atoms with Gasteiger partial charge in [0.15, 0.2) is 0 Å². The lowest BCUT2D eigenvalue weighted by atomic mass is 10.1. The van der Waals surface area contributed by atoms with E-state index in [0.29, 0.717) is 0 Å². The molecule has 6 nitrogen and oxygen atoms in total. The molecule has 3 rings (SSSR count). The fourth-order valence-electron chi connectivity index (χ4n) is 3.57. The molecule has 0 bridgehead atoms. The molecule has 0 aromatic heterocycles. The van der Waals surface area contributed by atoms with Crippen LogP contribution in [0.4, 0.5) is 16.2 Å². The van der Waals surface area contributed by atoms with Gasteiger partial charge in [-0.15, -0.1) is 0 Å². The zero-order chi connectivity index (χ0) is 17.6. The fraction of sp³-hybridized carbons (Fsp3) is 0.579. The third-order valence-electron chi connectivity index (χ3n) is 5.19. The molecule has 0 unspecified atom stereocenters. The quantitative estimate of drug-likeness (QED) is 0.786. The number of nitrogens with zero attached hydrogens (tertiary/aromatic N) is 1. The topological polar surface area (TPSA) is 73.5 Å². The van der Waals surface area contributed by atoms with Crippen molar-refractivity contribution in [1.29, 1.82) is 0 Å². The average Bonchev–Trinajstić information content (AvgIpc) is 3.13. The van der Waals surface area contributed by atoms with Crippen molar-refractivity contribution in [3.8, 4) is 0 Å². The van der Waals surface area contributed by atoms with E-state index in [2.05, 4.69) is 27.9 Å². The van der Waals surface area contributed by atoms with Gasteiger partial charge in [-0.3, -0.25) is 4.79 Å². The number of rotatable bonds is 4. The standard InChI is InChI=1S/C19H28N4O2/c1-23-12-10-17(11-13-23)22-19(25)21-16-8-6-15(7-9-16)20-18(24)14-4-2-3-5-14/h6-9,14,17H,2-5,10-13H2,1H3,(H,20,24)(H2,21,22,25). The Morgan fingerprint density at radius 1 is 0.920 bits per heavy atom. The summed E-state index contributed by atoms with van der Waals surface area (Å²) < 4.78 is 0. The maximum atomic E-state index is 12.1. The van der Waals surface area contributed by atoms with Gasteiger partial charge in [-0.25, -0.2) is 4.79 Å². The molecule has 25 heavy (non-hydrogen) atoms. The molecule has 0 radical (unpaired) electrons. The van der Waals surface area contributed by atoms with Crippen molar-refractivity contribution in [3.63, 3.8) is 0 Å². The summed E-state index contributed by atoms with van der Waals surface area (Å²) in [6.45, 7) is 2.03. The van der Waals surface area contributed by atoms with Gasteiger partial charge in [0.25, 0.3) is 0 Å². The van der Waals surface area contributed by atoms with Gasteiger partial charge in [-0.05, 0) is 70.1 Å². The van der Waals surface area contributed by atoms with E-state index in [1.165, 1.54) is 0 Å². The van der Waals surface area contributed by atoms with Crippen LogP contribution in [0.15, 0.2) is 24.3 Å². The molecule has 3 amide bonds. The maximum absolute atomic E-state index is 12.1. The van der Waals surface area contributed by atoms with E-state index in [-0.39, 0.29) is 23.9 Å². The number of urea groups is 1. The summed E-state index contributed by atoms with van der Waals surface area (Å²) >= 11 is 0. The van der Waals surface area contributed by atoms with Gasteiger partial charge in [0, 0.05) is 23.3 Å². The predicted octanol–water partition coefficient (Wildman–Crippen LogP) is 3.03. The normalized spacial score (nSPS) is 19.6. The van der Waals surface area contributed by atoms with Crippen LogP contribution < -0.4 is 16.0 Å². The van der Waals surface area contributed by atoms with E-state index in [1.807, 2.05) is 24.3 Å². The Labute approximate surface area is 149 Å². The third kappa shape index (κ3) is 5.19. The minimum absolute atomic E-state index is 0.109. The van der Waals surface area contributed by atoms with Gasteiger partial charge in [0.1, 0.15) is 0 Å². The van der Waals surface area contributed by atoms with E-state index in [1.54, 1.807) is 0 Å². The van der Waals surface area contributed by atoms with Crippen LogP contribution >= 0.6 is 0 Å². The van der Waals surface area contributed by atoms with Crippen LogP contribution in [0, 0.1) is 5.92 Å². The Bertz CT molecular complexity index is 588. The highest BCUT2D eigenvalue weighted by Crippen LogP contribution is 2.26. The largest absolute Gasteiger partial charge is 0.335 e. The molecular formula is C19H28N4O2. The van der Waals surface area contributed by atoms with Crippen molar-refractivity contribution < 1.29 is 9.59 Å². The summed E-state index contributed by atoms with van der Waals surface area (Å²) in [7, 11) is 2.10. The highest BCUT2D eigenvalue weighted by atomic mass is 16.2. The minimum atomic E-state index is -0.169. The molecule has 0 atom stereocenters. The number of benzene rings is 1. The fourth-order valence-corrected chi connectivity index (χ4v) is 3.57. The van der Waals surface area contributed by atoms with Crippen molar-refractivity contribution >= 4 is 23.3 Å². The SMILES string of the molecule is CN1CCC(NC(=O)Nc2ccc(NC(=O)C3CCCC3)cc2)CC1. The highest BCUT2D eigenvalue weighted by molar-refractivity contribution is 5.93. The smallest absolute Gasteiger partial charge is 0.319 e. The lowest BCUT2D eigenvalue weighted by Crippen LogP contribution is -2.44. The van der Waals surface area contributed by atoms with Gasteiger partial charge < -0.3 is 20.9 Å². The number of amides is 3. The average molecular weight is 344 g/mol. The van der Waals surface area contributed by atoms with Crippen molar-refractivity contribution in [2.75, 3.05) is 30.8 Å². The first kappa shape index (κ1) is 17.7. The van der Waals surface area contributed by atoms with Gasteiger partial charge in [-0.1, -0.05) is 12.8 Å². The second-order valence-electron chi connectivity index (χ2n) is 7.22. The van der Waals surface area contributed by atoms with Crippen LogP contribution in [0.1, 0.15) is 38.5 Å². The summed E-state index contributed by atoms with van der Waals surface area (Å²) in [5.74, 6) is 0.260. The van der Waals surface area contributed by atoms with Crippen molar-refractivity contribution in [3.05, 3.63) is 24.3 Å². The summed E-state index contributed by atoms with van der Waals surface area (Å²) in [6, 6.07) is 7.37. The molecule has 1 aliphatic heterocycles. The van der Waals surface area contributed by atoms with Gasteiger partial charge in [-0.2, -0.15) is 0 Å². The summed E-state index contributed by atoms with van der Waals surface area (Å²) in [5.41, 5.74) is 1.50. The molecule has 2 fully saturated rings. The number of anilines is 2. The molecule has 1 saturated carbocycles. The van der Waals surface area contributed by atoms with E-state index in [0.717, 1.165) is 63.0 Å². The van der Waals surface area contributed by atoms with Gasteiger partial charge >= 0.3 is 6.03 Å². The molecular weight excluding hydrogens is 316 g/mol. The van der Waals surface area contributed by atoms with Crippen LogP contribution in [0.5, 0.6) is 0 Å². The second kappa shape index (κ2) is 8.34. The lowest BCUT2D eigenvalue weighted by Gasteiger charge is -2.29. The van der Waals surface area contributed by atoms with E-state index < -0.39 is 0 Å². The Morgan fingerprint density at radius 3 is 2.08 bits per heavy atom. The van der Waals surface area contributed by atoms with E-state index in [9.17, 15) is 9.59 Å². The molecule has 1 aromatic rings. The Hall–Kier alpha value is -2.08. The first-order valence-electron chi connectivity index (χ1n) is 9.27. The zero-order valence-corrected chi connectivity index (χ0v) is 14.9. The number of likely N-dealkylation sites (tertiary alicyclic amines) is 1. The molecule has 1 aliphatic carbocycles. The van der Waals surface area contributed by atoms with Crippen LogP contribution in [-0.4, -0.2) is 43.0 Å². The first-order valence-corrected chi connectivity index (χ1v) is 9.27. The Kier molecular flexibility index (Phi) is 5.91. The van der Waals surface area contributed by atoms with E-state index >= 15 is 0 Å². The van der Waals surface area contributed by atoms with Crippen molar-refractivity contribution in [1.82, 2.24) is 10.2 Å². The Balaban J connectivity index is 1.45. The maximum Gasteiger partial charge on any atom is 0.319 e. The summed E-state index contributed by atoms with van der Waals surface area (Å²) in [5, 5.41) is 8.85. The van der Waals surface area contributed by atoms with Crippen LogP contribution in [0.2, 0.25) is 0 Å². The molecule has 1 heterocycles. The minimum Gasteiger partial charge on any atom is -0.335 e. The second-order valence-corrected chi connectivity index (χ2v) is 7.22. The van der Waals surface area contributed by atoms with Crippen LogP contribution in [0.3, 0.4) is 0 Å². The summed E-state index contributed by atoms with van der Waals surface area (Å²) in [4.78, 5) is 26.5. The van der Waals surface area contributed by atoms with Gasteiger partial charge in [0.2, 0.25) is 5.91 Å². The highest BCUT2D eigenvalue weighted by Gasteiger charge is 2.22. The van der Waals surface area contributed by atoms with E-state index in [4.69, 9.17) is 0 Å². The lowest BCUT2D eigenvalue weighted by molar-refractivity contribution is -0.119. The number of carbonyl (C=O) groups is 2. The first-order chi connectivity index (χ1) is 12.1. The predicted molar refractivity (Wildman–Crippen MR) is 99.7 cm³/mol. The number of hydrogen-bond acceptors (Lipinski definition) is 3. The molecule has 1 saturated heterocycles. The molecule has 1 aromatic carbocycles. The van der Waals surface area contributed by atoms with Crippen LogP contribution in [0.25, 0.3) is 0 Å². The third-order valence-corrected chi connectivity index (χ3v) is 5.19. The zero-order valence-electron chi connectivity index (χ0n) is 14.9. The molecule has 136 valence electrons. The van der Waals surface area contributed by atoms with Crippen molar-refractivity contribution in [2.24, 2.45) is 5.92 Å².